The van der Waals surface area contributed by atoms with E-state index in [-0.39, 0.29) is 0 Å². The first-order valence-electron chi connectivity index (χ1n) is 5.62. The first kappa shape index (κ1) is 13.7. The smallest absolute Gasteiger partial charge is 0.0587 e. The van der Waals surface area contributed by atoms with E-state index >= 15 is 0 Å². The van der Waals surface area contributed by atoms with Crippen molar-refractivity contribution in [3.63, 3.8) is 0 Å². The van der Waals surface area contributed by atoms with Crippen molar-refractivity contribution in [2.75, 3.05) is 26.8 Å². The molecule has 0 aromatic carbocycles. The van der Waals surface area contributed by atoms with E-state index in [9.17, 15) is 0 Å². The summed E-state index contributed by atoms with van der Waals surface area (Å²) in [6.07, 6.45) is 8.20. The lowest BCUT2D eigenvalue weighted by molar-refractivity contribution is 0.199. The van der Waals surface area contributed by atoms with Crippen LogP contribution in [-0.2, 0) is 4.74 Å². The van der Waals surface area contributed by atoms with Crippen LogP contribution in [0, 0.1) is 5.92 Å². The lowest BCUT2D eigenvalue weighted by Crippen LogP contribution is -2.19. The van der Waals surface area contributed by atoms with Crippen molar-refractivity contribution in [2.24, 2.45) is 5.92 Å². The standard InChI is InChI=1S/C12H25NO/c1-12(2)8-6-4-5-7-9-13-10-11-14-3/h4-5,12-13H,6-11H2,1-3H3. The van der Waals surface area contributed by atoms with E-state index in [0.717, 1.165) is 32.0 Å². The summed E-state index contributed by atoms with van der Waals surface area (Å²) in [7, 11) is 1.73. The summed E-state index contributed by atoms with van der Waals surface area (Å²) in [5, 5.41) is 3.31. The fourth-order valence-corrected chi connectivity index (χ4v) is 1.15. The van der Waals surface area contributed by atoms with Gasteiger partial charge in [-0.1, -0.05) is 26.0 Å². The Bertz CT molecular complexity index is 132. The Morgan fingerprint density at radius 1 is 1.14 bits per heavy atom. The molecule has 0 rings (SSSR count). The minimum Gasteiger partial charge on any atom is -0.383 e. The molecule has 2 heteroatoms. The van der Waals surface area contributed by atoms with Gasteiger partial charge >= 0.3 is 0 Å². The molecular weight excluding hydrogens is 174 g/mol. The topological polar surface area (TPSA) is 21.3 Å². The van der Waals surface area contributed by atoms with E-state index in [1.165, 1.54) is 12.8 Å². The summed E-state index contributed by atoms with van der Waals surface area (Å²) < 4.78 is 4.93. The SMILES string of the molecule is COCCNCCC=CCCC(C)C. The predicted octanol–water partition coefficient (Wildman–Crippen LogP) is 2.60. The highest BCUT2D eigenvalue weighted by atomic mass is 16.5. The van der Waals surface area contributed by atoms with Gasteiger partial charge < -0.3 is 10.1 Å². The van der Waals surface area contributed by atoms with Crippen LogP contribution >= 0.6 is 0 Å². The molecule has 0 bridgehead atoms. The third-order valence-electron chi connectivity index (χ3n) is 2.05. The van der Waals surface area contributed by atoms with Gasteiger partial charge in [-0.3, -0.25) is 0 Å². The van der Waals surface area contributed by atoms with Gasteiger partial charge in [-0.15, -0.1) is 0 Å². The molecule has 0 spiro atoms. The Labute approximate surface area is 88.7 Å². The average molecular weight is 199 g/mol. The van der Waals surface area contributed by atoms with Crippen LogP contribution in [0.3, 0.4) is 0 Å². The predicted molar refractivity (Wildman–Crippen MR) is 62.6 cm³/mol. The van der Waals surface area contributed by atoms with E-state index in [1.807, 2.05) is 0 Å². The van der Waals surface area contributed by atoms with Gasteiger partial charge in [0.25, 0.3) is 0 Å². The molecular formula is C12H25NO. The quantitative estimate of drug-likeness (QED) is 0.455. The largest absolute Gasteiger partial charge is 0.383 e. The van der Waals surface area contributed by atoms with Crippen LogP contribution in [-0.4, -0.2) is 26.8 Å². The van der Waals surface area contributed by atoms with Crippen LogP contribution in [0.25, 0.3) is 0 Å². The maximum absolute atomic E-state index is 4.93. The molecule has 0 heterocycles. The van der Waals surface area contributed by atoms with E-state index in [2.05, 4.69) is 31.3 Å². The molecule has 84 valence electrons. The molecule has 0 fully saturated rings. The highest BCUT2D eigenvalue weighted by molar-refractivity contribution is 4.82. The summed E-state index contributed by atoms with van der Waals surface area (Å²) in [6, 6.07) is 0. The van der Waals surface area contributed by atoms with Crippen LogP contribution in [0.15, 0.2) is 12.2 Å². The average Bonchev–Trinajstić information content (AvgIpc) is 2.15. The van der Waals surface area contributed by atoms with Crippen molar-refractivity contribution < 1.29 is 4.74 Å². The van der Waals surface area contributed by atoms with Crippen LogP contribution in [0.4, 0.5) is 0 Å². The van der Waals surface area contributed by atoms with Gasteiger partial charge in [-0.25, -0.2) is 0 Å². The number of hydrogen-bond acceptors (Lipinski definition) is 2. The van der Waals surface area contributed by atoms with Crippen molar-refractivity contribution in [3.05, 3.63) is 12.2 Å². The summed E-state index contributed by atoms with van der Waals surface area (Å²) in [5.74, 6) is 0.819. The highest BCUT2D eigenvalue weighted by Gasteiger charge is 1.89. The van der Waals surface area contributed by atoms with Gasteiger partial charge in [0.1, 0.15) is 0 Å². The van der Waals surface area contributed by atoms with Gasteiger partial charge in [-0.2, -0.15) is 0 Å². The Morgan fingerprint density at radius 3 is 2.50 bits per heavy atom. The Hall–Kier alpha value is -0.340. The number of ether oxygens (including phenoxy) is 1. The fraction of sp³-hybridized carbons (Fsp3) is 0.833. The van der Waals surface area contributed by atoms with Crippen molar-refractivity contribution in [2.45, 2.75) is 33.1 Å². The zero-order valence-electron chi connectivity index (χ0n) is 9.88. The lowest BCUT2D eigenvalue weighted by Gasteiger charge is -2.01. The van der Waals surface area contributed by atoms with Crippen LogP contribution in [0.2, 0.25) is 0 Å². The monoisotopic (exact) mass is 199 g/mol. The zero-order valence-corrected chi connectivity index (χ0v) is 9.88. The summed E-state index contributed by atoms with van der Waals surface area (Å²) in [5.41, 5.74) is 0. The summed E-state index contributed by atoms with van der Waals surface area (Å²) in [4.78, 5) is 0. The number of allylic oxidation sites excluding steroid dienone is 1. The maximum Gasteiger partial charge on any atom is 0.0587 e. The van der Waals surface area contributed by atoms with Gasteiger partial charge in [0.2, 0.25) is 0 Å². The number of hydrogen-bond donors (Lipinski definition) is 1. The minimum atomic E-state index is 0.803. The fourth-order valence-electron chi connectivity index (χ4n) is 1.15. The highest BCUT2D eigenvalue weighted by Crippen LogP contribution is 2.03. The molecule has 0 saturated heterocycles. The second-order valence-electron chi connectivity index (χ2n) is 3.97. The van der Waals surface area contributed by atoms with Gasteiger partial charge in [0.15, 0.2) is 0 Å². The minimum absolute atomic E-state index is 0.803. The third-order valence-corrected chi connectivity index (χ3v) is 2.05. The number of rotatable bonds is 9. The van der Waals surface area contributed by atoms with E-state index < -0.39 is 0 Å². The molecule has 0 aliphatic rings. The van der Waals surface area contributed by atoms with Crippen molar-refractivity contribution in [1.29, 1.82) is 0 Å². The van der Waals surface area contributed by atoms with Crippen LogP contribution < -0.4 is 5.32 Å². The molecule has 0 aromatic rings. The second kappa shape index (κ2) is 10.7. The molecule has 0 atom stereocenters. The molecule has 0 radical (unpaired) electrons. The van der Waals surface area contributed by atoms with Crippen molar-refractivity contribution in [3.8, 4) is 0 Å². The van der Waals surface area contributed by atoms with E-state index in [1.54, 1.807) is 7.11 Å². The Kier molecular flexibility index (Phi) is 10.5. The lowest BCUT2D eigenvalue weighted by atomic mass is 10.1. The summed E-state index contributed by atoms with van der Waals surface area (Å²) in [6.45, 7) is 7.34. The molecule has 0 aliphatic carbocycles. The Morgan fingerprint density at radius 2 is 1.86 bits per heavy atom. The van der Waals surface area contributed by atoms with Gasteiger partial charge in [0.05, 0.1) is 6.61 Å². The van der Waals surface area contributed by atoms with E-state index in [0.29, 0.717) is 0 Å². The molecule has 0 aromatic heterocycles. The first-order chi connectivity index (χ1) is 6.77. The second-order valence-corrected chi connectivity index (χ2v) is 3.97. The number of methoxy groups -OCH3 is 1. The Balaban J connectivity index is 3.03. The third kappa shape index (κ3) is 11.7. The summed E-state index contributed by atoms with van der Waals surface area (Å²) >= 11 is 0. The normalized spacial score (nSPS) is 11.7. The van der Waals surface area contributed by atoms with Crippen molar-refractivity contribution in [1.82, 2.24) is 5.32 Å². The van der Waals surface area contributed by atoms with Gasteiger partial charge in [0, 0.05) is 13.7 Å². The molecule has 0 saturated carbocycles. The zero-order chi connectivity index (χ0) is 10.6. The van der Waals surface area contributed by atoms with Crippen LogP contribution in [0.5, 0.6) is 0 Å². The first-order valence-corrected chi connectivity index (χ1v) is 5.62. The number of nitrogens with one attached hydrogen (secondary N) is 1. The molecule has 14 heavy (non-hydrogen) atoms. The molecule has 2 nitrogen and oxygen atoms in total. The van der Waals surface area contributed by atoms with Crippen molar-refractivity contribution >= 4 is 0 Å². The van der Waals surface area contributed by atoms with Gasteiger partial charge in [-0.05, 0) is 31.7 Å². The molecule has 0 aliphatic heterocycles. The molecule has 0 unspecified atom stereocenters. The van der Waals surface area contributed by atoms with E-state index in [4.69, 9.17) is 4.74 Å². The van der Waals surface area contributed by atoms with Crippen LogP contribution in [0.1, 0.15) is 33.1 Å². The molecule has 0 amide bonds. The molecule has 1 N–H and O–H groups in total. The maximum atomic E-state index is 4.93.